The molecule has 1 aromatic carbocycles. The molecule has 324 valence electrons. The van der Waals surface area contributed by atoms with Crippen molar-refractivity contribution < 1.29 is 29.0 Å². The van der Waals surface area contributed by atoms with Gasteiger partial charge in [0, 0.05) is 36.9 Å². The van der Waals surface area contributed by atoms with Crippen LogP contribution < -0.4 is 10.2 Å². The van der Waals surface area contributed by atoms with Crippen LogP contribution in [0.15, 0.2) is 47.6 Å². The molecule has 5 aliphatic carbocycles. The number of aromatic nitrogens is 3. The number of carbonyl (C=O) groups is 4. The van der Waals surface area contributed by atoms with Crippen molar-refractivity contribution in [1.29, 1.82) is 0 Å². The molecule has 60 heavy (non-hydrogen) atoms. The molecule has 6 fully saturated rings. The van der Waals surface area contributed by atoms with Crippen LogP contribution >= 0.6 is 11.8 Å². The summed E-state index contributed by atoms with van der Waals surface area (Å²) in [6.45, 7) is 11.2. The predicted molar refractivity (Wildman–Crippen MR) is 235 cm³/mol. The second-order valence-electron chi connectivity index (χ2n) is 19.2. The molecule has 1 aliphatic heterocycles. The highest BCUT2D eigenvalue weighted by atomic mass is 32.2. The molecule has 3 aromatic rings. The van der Waals surface area contributed by atoms with E-state index in [4.69, 9.17) is 9.72 Å². The van der Waals surface area contributed by atoms with E-state index in [1.165, 1.54) is 51.4 Å². The lowest BCUT2D eigenvalue weighted by Crippen LogP contribution is -2.45. The Morgan fingerprint density at radius 1 is 0.917 bits per heavy atom. The highest BCUT2D eigenvalue weighted by Crippen LogP contribution is 2.57. The van der Waals surface area contributed by atoms with Crippen LogP contribution in [-0.2, 0) is 14.9 Å². The van der Waals surface area contributed by atoms with Crippen molar-refractivity contribution in [2.75, 3.05) is 30.3 Å². The van der Waals surface area contributed by atoms with Gasteiger partial charge in [0.05, 0.1) is 40.9 Å². The number of Topliss-reactive ketones (excluding diaryl/α,β-unsaturated/α-hetero) is 1. The molecule has 11 nitrogen and oxygen atoms in total. The Labute approximate surface area is 360 Å². The van der Waals surface area contributed by atoms with E-state index in [2.05, 4.69) is 43.0 Å². The van der Waals surface area contributed by atoms with Crippen LogP contribution in [0.25, 0.3) is 5.69 Å². The first-order valence-corrected chi connectivity index (χ1v) is 23.6. The lowest BCUT2D eigenvalue weighted by molar-refractivity contribution is -0.130. The van der Waals surface area contributed by atoms with E-state index >= 15 is 0 Å². The van der Waals surface area contributed by atoms with Crippen molar-refractivity contribution in [3.63, 3.8) is 0 Å². The quantitative estimate of drug-likeness (QED) is 0.0915. The zero-order valence-corrected chi connectivity index (χ0v) is 36.9. The second kappa shape index (κ2) is 19.7. The maximum Gasteiger partial charge on any atom is 0.335 e. The first kappa shape index (κ1) is 43.9. The topological polar surface area (TPSA) is 144 Å². The molecule has 1 saturated heterocycles. The molecule has 1 atom stereocenters. The number of anilines is 1. The SMILES string of the molecule is CC(C)(C)c1c(C(=O)CC2C3CC4CC(C3)CC2C4)cnn1-c1ccc(C(=O)O)cc1.CCCSc1nc(N2CCC[C@H](COC=O)C2)ccc1C(=O)NC1CCCCC1. The van der Waals surface area contributed by atoms with Gasteiger partial charge in [0.25, 0.3) is 12.4 Å². The van der Waals surface area contributed by atoms with Crippen molar-refractivity contribution >= 4 is 41.7 Å². The number of hydrogen-bond acceptors (Lipinski definition) is 9. The van der Waals surface area contributed by atoms with E-state index in [0.29, 0.717) is 42.9 Å². The molecule has 6 aliphatic rings. The van der Waals surface area contributed by atoms with Gasteiger partial charge < -0.3 is 20.1 Å². The number of benzene rings is 1. The maximum atomic E-state index is 13.6. The van der Waals surface area contributed by atoms with Crippen LogP contribution in [0.4, 0.5) is 5.82 Å². The van der Waals surface area contributed by atoms with Crippen LogP contribution in [0.1, 0.15) is 154 Å². The summed E-state index contributed by atoms with van der Waals surface area (Å²) in [7, 11) is 0. The molecule has 0 radical (unpaired) electrons. The van der Waals surface area contributed by atoms with Crippen LogP contribution in [-0.4, -0.2) is 75.5 Å². The second-order valence-corrected chi connectivity index (χ2v) is 20.3. The Morgan fingerprint density at radius 2 is 1.62 bits per heavy atom. The third-order valence-electron chi connectivity index (χ3n) is 13.7. The van der Waals surface area contributed by atoms with Gasteiger partial charge in [0.1, 0.15) is 10.8 Å². The van der Waals surface area contributed by atoms with Gasteiger partial charge in [-0.2, -0.15) is 5.10 Å². The van der Waals surface area contributed by atoms with Crippen molar-refractivity contribution in [3.8, 4) is 5.69 Å². The van der Waals surface area contributed by atoms with Gasteiger partial charge in [0.2, 0.25) is 0 Å². The highest BCUT2D eigenvalue weighted by Gasteiger charge is 2.48. The number of hydrogen-bond donors (Lipinski definition) is 2. The summed E-state index contributed by atoms with van der Waals surface area (Å²) in [5.41, 5.74) is 3.08. The third-order valence-corrected chi connectivity index (χ3v) is 14.9. The molecule has 12 heteroatoms. The summed E-state index contributed by atoms with van der Waals surface area (Å²) < 4.78 is 6.79. The average Bonchev–Trinajstić information content (AvgIpc) is 3.71. The Balaban J connectivity index is 0.000000182. The third kappa shape index (κ3) is 10.5. The number of amides is 1. The van der Waals surface area contributed by atoms with Crippen LogP contribution in [0.2, 0.25) is 0 Å². The van der Waals surface area contributed by atoms with Crippen molar-refractivity contribution in [2.24, 2.45) is 35.5 Å². The fourth-order valence-electron chi connectivity index (χ4n) is 11.1. The fraction of sp³-hybridized carbons (Fsp3) is 0.625. The summed E-state index contributed by atoms with van der Waals surface area (Å²) in [4.78, 5) is 55.3. The van der Waals surface area contributed by atoms with Gasteiger partial charge in [0.15, 0.2) is 5.78 Å². The van der Waals surface area contributed by atoms with E-state index in [1.807, 2.05) is 16.8 Å². The van der Waals surface area contributed by atoms with Crippen LogP contribution in [0.5, 0.6) is 0 Å². The number of aromatic carboxylic acids is 1. The molecule has 5 saturated carbocycles. The molecule has 3 heterocycles. The summed E-state index contributed by atoms with van der Waals surface area (Å²) in [5, 5.41) is 17.8. The number of piperidine rings is 1. The number of carboxylic acid groups (broad SMARTS) is 1. The molecule has 2 N–H and O–H groups in total. The van der Waals surface area contributed by atoms with Gasteiger partial charge in [-0.05, 0) is 136 Å². The zero-order chi connectivity index (χ0) is 42.4. The smallest absolute Gasteiger partial charge is 0.335 e. The number of carboxylic acids is 1. The Morgan fingerprint density at radius 3 is 2.25 bits per heavy atom. The largest absolute Gasteiger partial charge is 0.478 e. The number of thioether (sulfide) groups is 1. The molecular formula is C48H65N5O6S. The van der Waals surface area contributed by atoms with Gasteiger partial charge in [-0.3, -0.25) is 14.4 Å². The molecule has 9 rings (SSSR count). The number of pyridine rings is 1. The predicted octanol–water partition coefficient (Wildman–Crippen LogP) is 9.55. The highest BCUT2D eigenvalue weighted by molar-refractivity contribution is 7.99. The molecule has 2 aromatic heterocycles. The van der Waals surface area contributed by atoms with Crippen LogP contribution in [0, 0.1) is 35.5 Å². The first-order chi connectivity index (χ1) is 28.9. The van der Waals surface area contributed by atoms with Crippen molar-refractivity contribution in [1.82, 2.24) is 20.1 Å². The van der Waals surface area contributed by atoms with Gasteiger partial charge in [-0.15, -0.1) is 11.8 Å². The minimum absolute atomic E-state index is 0.00505. The van der Waals surface area contributed by atoms with Gasteiger partial charge in [-0.25, -0.2) is 14.5 Å². The zero-order valence-electron chi connectivity index (χ0n) is 36.1. The molecule has 4 bridgehead atoms. The standard InChI is InChI=1S/C26H32N2O3.C22H33N3O3S/c1-26(2,3)24-22(14-27-28(24)20-6-4-17(5-7-20)25(30)31)23(29)13-21-18-9-15-8-16(11-18)12-19(21)10-15;1-2-13-29-22-19(21(27)23-18-8-4-3-5-9-18)10-11-20(24-22)25-12-6-7-17(14-25)15-28-16-26/h4-7,14-16,18-19,21H,8-13H2,1-3H3,(H,30,31);10-11,16-18H,2-9,12-15H2,1H3,(H,23,27)/t;17-/m.0/s1. The minimum atomic E-state index is -0.949. The molecule has 1 amide bonds. The Hall–Kier alpha value is -4.19. The molecule has 0 spiro atoms. The average molecular weight is 840 g/mol. The number of nitrogens with zero attached hydrogens (tertiary/aromatic N) is 4. The normalized spacial score (nSPS) is 25.0. The van der Waals surface area contributed by atoms with Crippen LogP contribution in [0.3, 0.4) is 0 Å². The summed E-state index contributed by atoms with van der Waals surface area (Å²) in [5.74, 6) is 5.28. The van der Waals surface area contributed by atoms with Gasteiger partial charge >= 0.3 is 5.97 Å². The van der Waals surface area contributed by atoms with E-state index in [-0.39, 0.29) is 22.7 Å². The van der Waals surface area contributed by atoms with E-state index in [1.54, 1.807) is 42.2 Å². The van der Waals surface area contributed by atoms with E-state index < -0.39 is 5.97 Å². The van der Waals surface area contributed by atoms with E-state index in [0.717, 1.165) is 102 Å². The lowest BCUT2D eigenvalue weighted by atomic mass is 9.51. The van der Waals surface area contributed by atoms with Gasteiger partial charge in [-0.1, -0.05) is 47.0 Å². The fourth-order valence-corrected chi connectivity index (χ4v) is 12.0. The first-order valence-electron chi connectivity index (χ1n) is 22.6. The van der Waals surface area contributed by atoms with E-state index in [9.17, 15) is 24.3 Å². The Bertz CT molecular complexity index is 1940. The van der Waals surface area contributed by atoms with Crippen molar-refractivity contribution in [3.05, 3.63) is 65.0 Å². The minimum Gasteiger partial charge on any atom is -0.478 e. The summed E-state index contributed by atoms with van der Waals surface area (Å²) >= 11 is 1.66. The summed E-state index contributed by atoms with van der Waals surface area (Å²) in [6, 6.07) is 10.9. The number of rotatable bonds is 14. The number of ketones is 1. The molecule has 0 unspecified atom stereocenters. The maximum absolute atomic E-state index is 13.6. The number of carbonyl (C=O) groups excluding carboxylic acids is 3. The summed E-state index contributed by atoms with van der Waals surface area (Å²) in [6.07, 6.45) is 18.1. The monoisotopic (exact) mass is 839 g/mol. The van der Waals surface area contributed by atoms with Crippen molar-refractivity contribution in [2.45, 2.75) is 134 Å². The number of nitrogens with one attached hydrogen (secondary N) is 1. The lowest BCUT2D eigenvalue weighted by Gasteiger charge is -2.54. The number of ether oxygens (including phenoxy) is 1. The Kier molecular flexibility index (Phi) is 14.4. The molecular weight excluding hydrogens is 775 g/mol.